The van der Waals surface area contributed by atoms with Crippen LogP contribution in [0.1, 0.15) is 22.3 Å². The number of thioether (sulfide) groups is 1. The fourth-order valence-corrected chi connectivity index (χ4v) is 4.79. The van der Waals surface area contributed by atoms with Gasteiger partial charge in [0.15, 0.2) is 11.3 Å². The molecule has 2 unspecified atom stereocenters. The van der Waals surface area contributed by atoms with Crippen LogP contribution in [0.4, 0.5) is 26.3 Å². The van der Waals surface area contributed by atoms with E-state index in [9.17, 15) is 31.5 Å². The number of nitrogens with zero attached hydrogens (tertiary/aromatic N) is 1. The minimum atomic E-state index is -5.01. The van der Waals surface area contributed by atoms with Crippen LogP contribution in [-0.2, 0) is 23.5 Å². The van der Waals surface area contributed by atoms with E-state index in [0.29, 0.717) is 40.8 Å². The van der Waals surface area contributed by atoms with Gasteiger partial charge in [-0.3, -0.25) is 5.32 Å². The molecule has 2 aromatic rings. The summed E-state index contributed by atoms with van der Waals surface area (Å²) in [5, 5.41) is 20.7. The number of halogens is 6. The Morgan fingerprint density at radius 2 is 1.74 bits per heavy atom. The maximum Gasteiger partial charge on any atom is 0.416 e. The number of nitrogens with one attached hydrogen (secondary N) is 2. The van der Waals surface area contributed by atoms with Crippen LogP contribution in [0, 0.1) is 5.21 Å². The molecule has 13 heteroatoms. The Morgan fingerprint density at radius 1 is 1.08 bits per heavy atom. The lowest BCUT2D eigenvalue weighted by atomic mass is 9.93. The molecule has 38 heavy (non-hydrogen) atoms. The first-order valence-electron chi connectivity index (χ1n) is 11.4. The zero-order chi connectivity index (χ0) is 27.7. The first kappa shape index (κ1) is 28.0. The molecular formula is C25H24F6N3O3S-. The number of benzene rings is 2. The molecule has 6 nitrogen and oxygen atoms in total. The third-order valence-electron chi connectivity index (χ3n) is 6.12. The average molecular weight is 561 g/mol. The van der Waals surface area contributed by atoms with Crippen LogP contribution in [0.25, 0.3) is 5.70 Å². The van der Waals surface area contributed by atoms with Crippen molar-refractivity contribution in [1.82, 2.24) is 15.7 Å². The van der Waals surface area contributed by atoms with Gasteiger partial charge in [0.05, 0.1) is 24.9 Å². The highest BCUT2D eigenvalue weighted by Crippen LogP contribution is 2.39. The average Bonchev–Trinajstić information content (AvgIpc) is 2.87. The largest absolute Gasteiger partial charge is 0.758 e. The fraction of sp³-hybridized carbons (Fsp3) is 0.360. The van der Waals surface area contributed by atoms with Gasteiger partial charge >= 0.3 is 12.4 Å². The fourth-order valence-electron chi connectivity index (χ4n) is 4.33. The molecule has 2 atom stereocenters. The Morgan fingerprint density at radius 3 is 2.34 bits per heavy atom. The molecular weight excluding hydrogens is 536 g/mol. The van der Waals surface area contributed by atoms with Gasteiger partial charge in [-0.15, -0.1) is 11.8 Å². The molecule has 0 amide bonds. The molecule has 0 aliphatic carbocycles. The van der Waals surface area contributed by atoms with Crippen LogP contribution in [0.3, 0.4) is 0 Å². The lowest BCUT2D eigenvalue weighted by Crippen LogP contribution is -2.46. The summed E-state index contributed by atoms with van der Waals surface area (Å²) in [6.07, 6.45) is -7.13. The lowest BCUT2D eigenvalue weighted by Gasteiger charge is -2.46. The zero-order valence-electron chi connectivity index (χ0n) is 20.2. The van der Waals surface area contributed by atoms with Crippen molar-refractivity contribution < 1.29 is 35.8 Å². The predicted octanol–water partition coefficient (Wildman–Crippen LogP) is 5.57. The summed E-state index contributed by atoms with van der Waals surface area (Å²) in [5.41, 5.74) is -2.91. The van der Waals surface area contributed by atoms with Crippen LogP contribution in [0.2, 0.25) is 0 Å². The van der Waals surface area contributed by atoms with Gasteiger partial charge in [-0.25, -0.2) is 0 Å². The van der Waals surface area contributed by atoms with Gasteiger partial charge in [0.25, 0.3) is 0 Å². The molecule has 2 heterocycles. The molecule has 0 aromatic heterocycles. The molecule has 0 radical (unpaired) electrons. The highest BCUT2D eigenvalue weighted by molar-refractivity contribution is 7.99. The van der Waals surface area contributed by atoms with Crippen LogP contribution in [0.15, 0.2) is 60.0 Å². The summed E-state index contributed by atoms with van der Waals surface area (Å²) in [7, 11) is 1.43. The Kier molecular flexibility index (Phi) is 8.09. The zero-order valence-corrected chi connectivity index (χ0v) is 21.1. The van der Waals surface area contributed by atoms with Crippen molar-refractivity contribution in [2.24, 2.45) is 0 Å². The van der Waals surface area contributed by atoms with Crippen molar-refractivity contribution in [2.45, 2.75) is 30.3 Å². The molecule has 2 aliphatic heterocycles. The third kappa shape index (κ3) is 6.00. The van der Waals surface area contributed by atoms with E-state index >= 15 is 0 Å². The molecule has 0 saturated heterocycles. The first-order valence-corrected chi connectivity index (χ1v) is 12.7. The molecule has 0 bridgehead atoms. The van der Waals surface area contributed by atoms with Gasteiger partial charge in [0.1, 0.15) is 5.75 Å². The van der Waals surface area contributed by atoms with E-state index in [0.717, 1.165) is 0 Å². The molecule has 2 N–H and O–H groups in total. The number of para-hydroxylation sites is 1. The quantitative estimate of drug-likeness (QED) is 0.464. The van der Waals surface area contributed by atoms with Gasteiger partial charge in [-0.05, 0) is 54.6 Å². The summed E-state index contributed by atoms with van der Waals surface area (Å²) in [4.78, 5) is 0. The number of hydroxylamine groups is 2. The Labute approximate surface area is 219 Å². The first-order chi connectivity index (χ1) is 17.9. The van der Waals surface area contributed by atoms with Crippen molar-refractivity contribution in [3.8, 4) is 5.75 Å². The van der Waals surface area contributed by atoms with E-state index in [1.807, 2.05) is 0 Å². The van der Waals surface area contributed by atoms with Gasteiger partial charge in [-0.2, -0.15) is 26.3 Å². The molecule has 0 saturated carbocycles. The van der Waals surface area contributed by atoms with Crippen molar-refractivity contribution in [1.29, 1.82) is 0 Å². The maximum absolute atomic E-state index is 14.0. The van der Waals surface area contributed by atoms with Gasteiger partial charge in [0.2, 0.25) is 0 Å². The van der Waals surface area contributed by atoms with Crippen molar-refractivity contribution in [3.05, 3.63) is 87.5 Å². The number of rotatable bonds is 5. The highest BCUT2D eigenvalue weighted by atomic mass is 32.2. The second kappa shape index (κ2) is 11.0. The van der Waals surface area contributed by atoms with E-state index in [4.69, 9.17) is 9.47 Å². The molecule has 2 aliphatic rings. The SMILES string of the molecule is COc1ccccc1/C1=C/C(SC)OC2=C(CNCN2)C(Cc2cc(C(F)(F)F)cc(C(F)(F)F)c2)N1[O-]. The standard InChI is InChI=1S/C25H24F6N3O3S/c1-36-21-6-4-3-5-17(21)20-11-22(38-2)37-23-18(12-32-13-33-23)19(34(20)35)9-14-7-15(24(26,27)28)10-16(8-14)25(29,30)31/h3-8,10-11,19,22,32-33H,9,12-13H2,1-2H3/q-1/b20-11-. The summed E-state index contributed by atoms with van der Waals surface area (Å²) >= 11 is 1.30. The summed E-state index contributed by atoms with van der Waals surface area (Å²) in [5.74, 6) is 0.624. The van der Waals surface area contributed by atoms with Crippen molar-refractivity contribution in [3.63, 3.8) is 0 Å². The number of methoxy groups -OCH3 is 1. The van der Waals surface area contributed by atoms with E-state index in [1.54, 1.807) is 36.6 Å². The maximum atomic E-state index is 14.0. The van der Waals surface area contributed by atoms with E-state index in [-0.39, 0.29) is 29.8 Å². The Bertz CT molecular complexity index is 1200. The molecule has 0 fully saturated rings. The third-order valence-corrected chi connectivity index (χ3v) is 6.82. The number of hydrogen-bond donors (Lipinski definition) is 2. The number of ether oxygens (including phenoxy) is 2. The summed E-state index contributed by atoms with van der Waals surface area (Å²) in [6, 6.07) is 6.83. The van der Waals surface area contributed by atoms with Gasteiger partial charge < -0.3 is 25.1 Å². The molecule has 0 spiro atoms. The van der Waals surface area contributed by atoms with Crippen LogP contribution < -0.4 is 15.4 Å². The smallest absolute Gasteiger partial charge is 0.416 e. The number of alkyl halides is 6. The summed E-state index contributed by atoms with van der Waals surface area (Å²) in [6.45, 7) is 0.438. The lowest BCUT2D eigenvalue weighted by molar-refractivity contribution is -0.143. The van der Waals surface area contributed by atoms with Gasteiger partial charge in [-0.1, -0.05) is 12.1 Å². The topological polar surface area (TPSA) is 68.8 Å². The Hall–Kier alpha value is -3.03. The molecule has 2 aromatic carbocycles. The minimum absolute atomic E-state index is 0.0668. The second-order valence-electron chi connectivity index (χ2n) is 8.57. The molecule has 4 rings (SSSR count). The highest BCUT2D eigenvalue weighted by Gasteiger charge is 2.38. The Balaban J connectivity index is 1.86. The number of hydrogen-bond acceptors (Lipinski definition) is 7. The van der Waals surface area contributed by atoms with E-state index < -0.39 is 41.4 Å². The minimum Gasteiger partial charge on any atom is -0.758 e. The normalized spacial score (nSPS) is 21.9. The monoisotopic (exact) mass is 560 g/mol. The van der Waals surface area contributed by atoms with E-state index in [1.165, 1.54) is 18.9 Å². The van der Waals surface area contributed by atoms with Crippen LogP contribution in [0.5, 0.6) is 5.75 Å². The van der Waals surface area contributed by atoms with Crippen LogP contribution >= 0.6 is 11.8 Å². The molecule has 206 valence electrons. The van der Waals surface area contributed by atoms with Crippen molar-refractivity contribution in [2.75, 3.05) is 26.6 Å². The van der Waals surface area contributed by atoms with Gasteiger partial charge in [0, 0.05) is 29.4 Å². The predicted molar refractivity (Wildman–Crippen MR) is 132 cm³/mol. The second-order valence-corrected chi connectivity index (χ2v) is 9.50. The summed E-state index contributed by atoms with van der Waals surface area (Å²) < 4.78 is 92.6. The van der Waals surface area contributed by atoms with Crippen LogP contribution in [-0.4, -0.2) is 43.1 Å². The van der Waals surface area contributed by atoms with Crippen molar-refractivity contribution >= 4 is 17.5 Å². The van der Waals surface area contributed by atoms with E-state index in [2.05, 4.69) is 10.6 Å².